The predicted molar refractivity (Wildman–Crippen MR) is 76.3 cm³/mol. The van der Waals surface area contributed by atoms with Crippen molar-refractivity contribution in [3.63, 3.8) is 0 Å². The van der Waals surface area contributed by atoms with Gasteiger partial charge in [-0.1, -0.05) is 0 Å². The first kappa shape index (κ1) is 14.1. The molecule has 1 aliphatic heterocycles. The van der Waals surface area contributed by atoms with E-state index in [-0.39, 0.29) is 24.5 Å². The number of aryl methyl sites for hydroxylation is 1. The molecule has 2 aromatic rings. The normalized spacial score (nSPS) is 16.2. The first-order valence-corrected chi connectivity index (χ1v) is 6.56. The van der Waals surface area contributed by atoms with E-state index in [1.54, 1.807) is 35.0 Å². The molecule has 3 rings (SSSR count). The lowest BCUT2D eigenvalue weighted by molar-refractivity contribution is -0.00393. The maximum atomic E-state index is 11.9. The van der Waals surface area contributed by atoms with E-state index in [9.17, 15) is 14.7 Å². The van der Waals surface area contributed by atoms with Crippen LogP contribution < -0.4 is 16.1 Å². The molecule has 1 fully saturated rings. The average molecular weight is 302 g/mol. The summed E-state index contributed by atoms with van der Waals surface area (Å²) >= 11 is 0. The maximum Gasteiger partial charge on any atom is 0.329 e. The van der Waals surface area contributed by atoms with E-state index < -0.39 is 16.9 Å². The summed E-state index contributed by atoms with van der Waals surface area (Å²) in [5.41, 5.74) is -2.59. The topological polar surface area (TPSA) is 120 Å². The van der Waals surface area contributed by atoms with Crippen LogP contribution in [0.2, 0.25) is 0 Å². The van der Waals surface area contributed by atoms with Gasteiger partial charge in [0.2, 0.25) is 0 Å². The first-order chi connectivity index (χ1) is 10.4. The van der Waals surface area contributed by atoms with E-state index in [1.165, 1.54) is 7.05 Å². The third-order valence-corrected chi connectivity index (χ3v) is 3.86. The number of H-pyrrole nitrogens is 1. The van der Waals surface area contributed by atoms with Crippen molar-refractivity contribution in [2.75, 3.05) is 18.0 Å². The van der Waals surface area contributed by atoms with Gasteiger partial charge >= 0.3 is 5.69 Å². The molecule has 9 heteroatoms. The van der Waals surface area contributed by atoms with Gasteiger partial charge in [-0.25, -0.2) is 9.78 Å². The van der Waals surface area contributed by atoms with Crippen molar-refractivity contribution in [3.05, 3.63) is 44.6 Å². The van der Waals surface area contributed by atoms with Crippen LogP contribution in [0.1, 0.15) is 11.4 Å². The number of nitrogens with one attached hydrogen (secondary N) is 1. The lowest BCUT2D eigenvalue weighted by Crippen LogP contribution is -2.61. The highest BCUT2D eigenvalue weighted by molar-refractivity contribution is 5.55. The Kier molecular flexibility index (Phi) is 2.93. The molecule has 22 heavy (non-hydrogen) atoms. The van der Waals surface area contributed by atoms with Crippen LogP contribution in [-0.2, 0) is 19.7 Å². The Morgan fingerprint density at radius 2 is 2.09 bits per heavy atom. The molecule has 0 aliphatic carbocycles. The Labute approximate surface area is 124 Å². The highest BCUT2D eigenvalue weighted by atomic mass is 16.3. The van der Waals surface area contributed by atoms with Gasteiger partial charge in [-0.15, -0.1) is 0 Å². The van der Waals surface area contributed by atoms with Crippen molar-refractivity contribution >= 4 is 5.82 Å². The zero-order valence-electron chi connectivity index (χ0n) is 12.1. The molecule has 0 bridgehead atoms. The molecule has 1 aliphatic rings. The third-order valence-electron chi connectivity index (χ3n) is 3.86. The predicted octanol–water partition coefficient (Wildman–Crippen LogP) is -1.61. The Bertz CT molecular complexity index is 894. The first-order valence-electron chi connectivity index (χ1n) is 6.56. The number of aromatic amines is 1. The van der Waals surface area contributed by atoms with Crippen LogP contribution in [0.25, 0.3) is 0 Å². The van der Waals surface area contributed by atoms with E-state index in [2.05, 4.69) is 9.97 Å². The van der Waals surface area contributed by atoms with Crippen molar-refractivity contribution in [1.29, 1.82) is 5.26 Å². The van der Waals surface area contributed by atoms with Gasteiger partial charge in [0.15, 0.2) is 11.2 Å². The molecule has 0 spiro atoms. The number of nitriles is 1. The molecule has 1 saturated heterocycles. The molecule has 0 amide bonds. The fraction of sp³-hybridized carbons (Fsp3) is 0.385. The second-order valence-electron chi connectivity index (χ2n) is 5.38. The van der Waals surface area contributed by atoms with Crippen LogP contribution >= 0.6 is 0 Å². The number of imidazole rings is 1. The largest absolute Gasteiger partial charge is 0.378 e. The lowest BCUT2D eigenvalue weighted by atomic mass is 9.92. The molecule has 2 aromatic heterocycles. The zero-order valence-corrected chi connectivity index (χ0v) is 12.1. The van der Waals surface area contributed by atoms with Crippen LogP contribution in [0.3, 0.4) is 0 Å². The molecular formula is C13H14N6O3. The minimum Gasteiger partial charge on any atom is -0.378 e. The van der Waals surface area contributed by atoms with Crippen LogP contribution in [0.15, 0.2) is 22.0 Å². The van der Waals surface area contributed by atoms with Gasteiger partial charge in [0, 0.05) is 26.5 Å². The number of anilines is 1. The van der Waals surface area contributed by atoms with Crippen molar-refractivity contribution in [1.82, 2.24) is 19.1 Å². The number of aromatic nitrogens is 4. The minimum atomic E-state index is -1.18. The Morgan fingerprint density at radius 1 is 1.41 bits per heavy atom. The summed E-state index contributed by atoms with van der Waals surface area (Å²) in [6, 6.07) is 1.81. The summed E-state index contributed by atoms with van der Waals surface area (Å²) in [5.74, 6) is 0.628. The standard InChI is InChI=1S/C13H14N6O3/c1-17-4-3-15-11(17)13(22)6-19(7-13)9-8(5-14)10(20)18(2)12(21)16-9/h3-4,22H,6-7H2,1-2H3,(H,16,21). The average Bonchev–Trinajstić information content (AvgIpc) is 2.88. The molecule has 0 radical (unpaired) electrons. The zero-order chi connectivity index (χ0) is 16.1. The van der Waals surface area contributed by atoms with E-state index in [0.29, 0.717) is 5.82 Å². The number of hydrogen-bond donors (Lipinski definition) is 2. The Balaban J connectivity index is 1.97. The summed E-state index contributed by atoms with van der Waals surface area (Å²) in [6.07, 6.45) is 3.30. The molecule has 9 nitrogen and oxygen atoms in total. The van der Waals surface area contributed by atoms with Crippen molar-refractivity contribution in [2.45, 2.75) is 5.60 Å². The molecule has 2 N–H and O–H groups in total. The minimum absolute atomic E-state index is 0.134. The van der Waals surface area contributed by atoms with Crippen LogP contribution in [0.4, 0.5) is 5.82 Å². The number of nitrogens with zero attached hydrogens (tertiary/aromatic N) is 5. The lowest BCUT2D eigenvalue weighted by Gasteiger charge is -2.46. The number of hydrogen-bond acceptors (Lipinski definition) is 6. The fourth-order valence-electron chi connectivity index (χ4n) is 2.65. The Morgan fingerprint density at radius 3 is 2.64 bits per heavy atom. The molecule has 0 aromatic carbocycles. The molecular weight excluding hydrogens is 288 g/mol. The fourth-order valence-corrected chi connectivity index (χ4v) is 2.65. The number of rotatable bonds is 2. The van der Waals surface area contributed by atoms with E-state index in [0.717, 1.165) is 4.57 Å². The van der Waals surface area contributed by atoms with Gasteiger partial charge in [-0.2, -0.15) is 5.26 Å². The maximum absolute atomic E-state index is 11.9. The number of aliphatic hydroxyl groups is 1. The van der Waals surface area contributed by atoms with Crippen LogP contribution in [-0.4, -0.2) is 37.3 Å². The van der Waals surface area contributed by atoms with Crippen molar-refractivity contribution < 1.29 is 5.11 Å². The highest BCUT2D eigenvalue weighted by Gasteiger charge is 2.47. The van der Waals surface area contributed by atoms with Crippen LogP contribution in [0.5, 0.6) is 0 Å². The number of β-amino-alcohol motifs (C(OH)–C–C–N with tert-alkyl or cyclic N) is 1. The summed E-state index contributed by atoms with van der Waals surface area (Å²) in [4.78, 5) is 31.9. The second-order valence-corrected chi connectivity index (χ2v) is 5.38. The highest BCUT2D eigenvalue weighted by Crippen LogP contribution is 2.33. The molecule has 0 unspecified atom stereocenters. The van der Waals surface area contributed by atoms with Crippen LogP contribution in [0, 0.1) is 11.3 Å². The van der Waals surface area contributed by atoms with Gasteiger partial charge in [-0.3, -0.25) is 14.3 Å². The van der Waals surface area contributed by atoms with Gasteiger partial charge < -0.3 is 14.6 Å². The third kappa shape index (κ3) is 1.85. The monoisotopic (exact) mass is 302 g/mol. The molecule has 114 valence electrons. The van der Waals surface area contributed by atoms with E-state index in [4.69, 9.17) is 5.26 Å². The summed E-state index contributed by atoms with van der Waals surface area (Å²) < 4.78 is 2.54. The van der Waals surface area contributed by atoms with E-state index >= 15 is 0 Å². The molecule has 0 saturated carbocycles. The summed E-state index contributed by atoms with van der Waals surface area (Å²) in [5, 5.41) is 19.7. The second kappa shape index (κ2) is 4.57. The van der Waals surface area contributed by atoms with E-state index in [1.807, 2.05) is 0 Å². The summed E-state index contributed by atoms with van der Waals surface area (Å²) in [7, 11) is 3.07. The molecule has 0 atom stereocenters. The quantitative estimate of drug-likeness (QED) is 0.688. The van der Waals surface area contributed by atoms with Crippen molar-refractivity contribution in [3.8, 4) is 6.07 Å². The molecule has 3 heterocycles. The van der Waals surface area contributed by atoms with Gasteiger partial charge in [0.05, 0.1) is 13.1 Å². The Hall–Kier alpha value is -2.86. The smallest absolute Gasteiger partial charge is 0.329 e. The summed E-state index contributed by atoms with van der Waals surface area (Å²) in [6.45, 7) is 0.269. The van der Waals surface area contributed by atoms with Gasteiger partial charge in [0.1, 0.15) is 17.7 Å². The van der Waals surface area contributed by atoms with Crippen molar-refractivity contribution in [2.24, 2.45) is 14.1 Å². The van der Waals surface area contributed by atoms with Gasteiger partial charge in [-0.05, 0) is 0 Å². The SMILES string of the molecule is Cn1ccnc1C1(O)CN(c2[nH]c(=O)n(C)c(=O)c2C#N)C1. The van der Waals surface area contributed by atoms with Gasteiger partial charge in [0.25, 0.3) is 5.56 Å².